The van der Waals surface area contributed by atoms with E-state index in [1.54, 1.807) is 0 Å². The van der Waals surface area contributed by atoms with Gasteiger partial charge in [0.25, 0.3) is 0 Å². The summed E-state index contributed by atoms with van der Waals surface area (Å²) in [4.78, 5) is 0. The average molecular weight is 753 g/mol. The maximum atomic E-state index is 2.53. The molecule has 7 rings (SSSR count). The number of hydrogen-bond acceptors (Lipinski definition) is 0. The lowest BCUT2D eigenvalue weighted by Crippen LogP contribution is -2.19. The van der Waals surface area contributed by atoms with E-state index in [0.717, 1.165) is 6.42 Å². The van der Waals surface area contributed by atoms with Crippen LogP contribution in [0.3, 0.4) is 0 Å². The van der Waals surface area contributed by atoms with Gasteiger partial charge in [-0.15, -0.1) is 0 Å². The molecule has 0 saturated heterocycles. The molecule has 2 aliphatic carbocycles. The molecule has 0 unspecified atom stereocenters. The van der Waals surface area contributed by atoms with Crippen LogP contribution >= 0.6 is 0 Å². The first-order chi connectivity index (χ1) is 26.3. The Morgan fingerprint density at radius 1 is 0.456 bits per heavy atom. The van der Waals surface area contributed by atoms with Crippen LogP contribution in [0.15, 0.2) is 109 Å². The Hall–Kier alpha value is -4.42. The minimum absolute atomic E-state index is 0.0204. The Labute approximate surface area is 346 Å². The summed E-state index contributed by atoms with van der Waals surface area (Å²) in [5.41, 5.74) is 22.0. The van der Waals surface area contributed by atoms with Crippen LogP contribution in [0.1, 0.15) is 162 Å². The summed E-state index contributed by atoms with van der Waals surface area (Å²) in [7, 11) is 0. The van der Waals surface area contributed by atoms with Gasteiger partial charge in [0.05, 0.1) is 0 Å². The monoisotopic (exact) mass is 753 g/mol. The normalized spacial score (nSPS) is 17.5. The number of fused-ring (bicyclic) bond motifs is 4. The summed E-state index contributed by atoms with van der Waals surface area (Å²) in [5, 5.41) is 0. The minimum atomic E-state index is -0.0940. The molecule has 0 heterocycles. The second-order valence-corrected chi connectivity index (χ2v) is 22.6. The maximum Gasteiger partial charge on any atom is 0.0159 e. The average Bonchev–Trinajstić information content (AvgIpc) is 3.47. The van der Waals surface area contributed by atoms with Crippen molar-refractivity contribution in [2.75, 3.05) is 0 Å². The van der Waals surface area contributed by atoms with Crippen LogP contribution in [-0.4, -0.2) is 0 Å². The topological polar surface area (TPSA) is 0 Å². The first-order valence-electron chi connectivity index (χ1n) is 21.4. The third-order valence-corrected chi connectivity index (χ3v) is 12.9. The van der Waals surface area contributed by atoms with Crippen LogP contribution < -0.4 is 0 Å². The predicted octanol–water partition coefficient (Wildman–Crippen LogP) is 16.4. The Morgan fingerprint density at radius 2 is 0.965 bits per heavy atom. The van der Waals surface area contributed by atoms with Gasteiger partial charge in [-0.3, -0.25) is 0 Å². The number of rotatable bonds is 4. The Balaban J connectivity index is 1.36. The lowest BCUT2D eigenvalue weighted by atomic mass is 9.76. The lowest BCUT2D eigenvalue weighted by molar-refractivity contribution is 0.418. The van der Waals surface area contributed by atoms with Crippen molar-refractivity contribution in [1.29, 1.82) is 0 Å². The summed E-state index contributed by atoms with van der Waals surface area (Å²) in [6, 6.07) is 38.0. The highest BCUT2D eigenvalue weighted by Crippen LogP contribution is 2.55. The molecule has 296 valence electrons. The van der Waals surface area contributed by atoms with E-state index < -0.39 is 0 Å². The van der Waals surface area contributed by atoms with Gasteiger partial charge in [-0.25, -0.2) is 0 Å². The molecular formula is C57H68. The van der Waals surface area contributed by atoms with Crippen molar-refractivity contribution >= 4 is 11.6 Å². The fourth-order valence-corrected chi connectivity index (χ4v) is 9.14. The van der Waals surface area contributed by atoms with E-state index in [9.17, 15) is 0 Å². The quantitative estimate of drug-likeness (QED) is 0.171. The van der Waals surface area contributed by atoms with Gasteiger partial charge < -0.3 is 0 Å². The van der Waals surface area contributed by atoms with Gasteiger partial charge in [-0.05, 0) is 141 Å². The fraction of sp³-hybridized carbons (Fsp3) is 0.404. The van der Waals surface area contributed by atoms with E-state index in [0.29, 0.717) is 0 Å². The summed E-state index contributed by atoms with van der Waals surface area (Å²) in [5.74, 6) is 0. The van der Waals surface area contributed by atoms with E-state index in [1.807, 2.05) is 0 Å². The maximum absolute atomic E-state index is 2.53. The van der Waals surface area contributed by atoms with Crippen molar-refractivity contribution in [1.82, 2.24) is 0 Å². The molecule has 0 spiro atoms. The third-order valence-electron chi connectivity index (χ3n) is 12.9. The molecular weight excluding hydrogens is 685 g/mol. The first-order valence-corrected chi connectivity index (χ1v) is 21.4. The first kappa shape index (κ1) is 40.8. The van der Waals surface area contributed by atoms with Crippen LogP contribution in [0.2, 0.25) is 0 Å². The zero-order valence-corrected chi connectivity index (χ0v) is 38.1. The fourth-order valence-electron chi connectivity index (χ4n) is 9.14. The van der Waals surface area contributed by atoms with Gasteiger partial charge in [-0.1, -0.05) is 196 Å². The zero-order chi connectivity index (χ0) is 41.7. The van der Waals surface area contributed by atoms with Crippen molar-refractivity contribution in [2.24, 2.45) is 5.41 Å². The lowest BCUT2D eigenvalue weighted by Gasteiger charge is -2.27. The molecule has 0 saturated carbocycles. The molecule has 0 atom stereocenters. The van der Waals surface area contributed by atoms with E-state index >= 15 is 0 Å². The molecule has 0 aromatic heterocycles. The molecule has 0 bridgehead atoms. The largest absolute Gasteiger partial charge is 0.0793 e. The number of allylic oxidation sites excluding steroid dienone is 3. The van der Waals surface area contributed by atoms with Crippen molar-refractivity contribution in [3.05, 3.63) is 153 Å². The van der Waals surface area contributed by atoms with E-state index in [-0.39, 0.29) is 32.5 Å². The second-order valence-electron chi connectivity index (χ2n) is 22.6. The highest BCUT2D eigenvalue weighted by molar-refractivity contribution is 5.99. The summed E-state index contributed by atoms with van der Waals surface area (Å²) >= 11 is 0. The molecule has 2 aliphatic rings. The Morgan fingerprint density at radius 3 is 1.54 bits per heavy atom. The molecule has 0 heteroatoms. The molecule has 0 radical (unpaired) electrons. The van der Waals surface area contributed by atoms with Crippen LogP contribution in [0.5, 0.6) is 0 Å². The van der Waals surface area contributed by atoms with Gasteiger partial charge >= 0.3 is 0 Å². The van der Waals surface area contributed by atoms with Crippen molar-refractivity contribution in [2.45, 2.75) is 144 Å². The molecule has 0 aliphatic heterocycles. The van der Waals surface area contributed by atoms with E-state index in [2.05, 4.69) is 220 Å². The van der Waals surface area contributed by atoms with Gasteiger partial charge in [0.15, 0.2) is 0 Å². The smallest absolute Gasteiger partial charge is 0.0159 e. The highest BCUT2D eigenvalue weighted by atomic mass is 14.4. The van der Waals surface area contributed by atoms with Crippen molar-refractivity contribution in [3.8, 4) is 33.4 Å². The summed E-state index contributed by atoms with van der Waals surface area (Å²) in [6.45, 7) is 37.7. The predicted molar refractivity (Wildman–Crippen MR) is 250 cm³/mol. The Kier molecular flexibility index (Phi) is 9.71. The van der Waals surface area contributed by atoms with Crippen LogP contribution in [0, 0.1) is 5.41 Å². The van der Waals surface area contributed by atoms with Crippen molar-refractivity contribution < 1.29 is 0 Å². The highest BCUT2D eigenvalue weighted by Gasteiger charge is 2.40. The molecule has 5 aromatic carbocycles. The molecule has 0 fully saturated rings. The van der Waals surface area contributed by atoms with Gasteiger partial charge in [0.1, 0.15) is 0 Å². The van der Waals surface area contributed by atoms with Crippen LogP contribution in [0.25, 0.3) is 45.0 Å². The van der Waals surface area contributed by atoms with E-state index in [1.165, 1.54) is 89.0 Å². The summed E-state index contributed by atoms with van der Waals surface area (Å²) < 4.78 is 0. The van der Waals surface area contributed by atoms with Gasteiger partial charge in [0.2, 0.25) is 0 Å². The van der Waals surface area contributed by atoms with Gasteiger partial charge in [-0.2, -0.15) is 0 Å². The molecule has 57 heavy (non-hydrogen) atoms. The standard InChI is InChI=1S/C57H68/c1-52(2,3)28-27-47-46(43-25-23-40(53(4,5)6)33-48(43)56(47,13)14)30-36-19-17-20-37(29-36)38-21-18-22-39(31-38)45-32-42(55(10,11)12)35-50-51(45)44-26-24-41(54(7,8)9)34-49(44)57(50,15)16/h17-27,29-35H,28H2,1-16H3. The summed E-state index contributed by atoms with van der Waals surface area (Å²) in [6.07, 6.45) is 6.02. The Bertz CT molecular complexity index is 2440. The molecule has 5 aromatic rings. The molecule has 0 amide bonds. The van der Waals surface area contributed by atoms with Crippen LogP contribution in [0.4, 0.5) is 0 Å². The SMILES string of the molecule is CC(C)(C)CC=C1C(=Cc2cccc(-c3cccc(-c4cc(C(C)(C)C)cc5c4-c4ccc(C(C)(C)C)cc4C5(C)C)c3)c2)c2ccc(C(C)(C)C)cc2C1(C)C. The van der Waals surface area contributed by atoms with Gasteiger partial charge in [0, 0.05) is 10.8 Å². The number of benzene rings is 5. The molecule has 0 N–H and O–H groups in total. The minimum Gasteiger partial charge on any atom is -0.0793 e. The van der Waals surface area contributed by atoms with Crippen molar-refractivity contribution in [3.63, 3.8) is 0 Å². The number of hydrogen-bond donors (Lipinski definition) is 0. The second kappa shape index (κ2) is 13.6. The van der Waals surface area contributed by atoms with Crippen LogP contribution in [-0.2, 0) is 27.1 Å². The third kappa shape index (κ3) is 7.55. The van der Waals surface area contributed by atoms with E-state index in [4.69, 9.17) is 0 Å². The molecule has 0 nitrogen and oxygen atoms in total. The zero-order valence-electron chi connectivity index (χ0n) is 38.1.